The quantitative estimate of drug-likeness (QED) is 0.634. The summed E-state index contributed by atoms with van der Waals surface area (Å²) in [6, 6.07) is 5.79. The zero-order valence-corrected chi connectivity index (χ0v) is 12.6. The Hall–Kier alpha value is -1.43. The molecule has 0 fully saturated rings. The number of nitrogens with one attached hydrogen (secondary N) is 1. The lowest BCUT2D eigenvalue weighted by Crippen LogP contribution is -2.31. The minimum atomic E-state index is -0.0338. The summed E-state index contributed by atoms with van der Waals surface area (Å²) in [5.74, 6) is 6.64. The van der Waals surface area contributed by atoms with Gasteiger partial charge in [0.1, 0.15) is 12.2 Å². The molecule has 0 bridgehead atoms. The predicted molar refractivity (Wildman–Crippen MR) is 80.3 cm³/mol. The van der Waals surface area contributed by atoms with Crippen LogP contribution in [0.15, 0.2) is 24.5 Å². The van der Waals surface area contributed by atoms with E-state index in [-0.39, 0.29) is 6.04 Å². The van der Waals surface area contributed by atoms with Gasteiger partial charge in [0.25, 0.3) is 0 Å². The summed E-state index contributed by atoms with van der Waals surface area (Å²) in [6.07, 6.45) is 3.29. The zero-order chi connectivity index (χ0) is 14.5. The molecule has 3 N–H and O–H groups in total. The molecule has 0 spiro atoms. The third-order valence-electron chi connectivity index (χ3n) is 3.34. The standard InChI is InChI=1S/C14H20ClN5/c1-3-6-20-14(17-9-18-20)8-13(19-16)12-7-11(15)5-4-10(12)2/h4-5,7,9,13,19H,3,6,8,16H2,1-2H3. The van der Waals surface area contributed by atoms with Crippen molar-refractivity contribution >= 4 is 11.6 Å². The predicted octanol–water partition coefficient (Wildman–Crippen LogP) is 2.40. The fourth-order valence-electron chi connectivity index (χ4n) is 2.27. The van der Waals surface area contributed by atoms with Crippen LogP contribution in [0.1, 0.15) is 36.3 Å². The third-order valence-corrected chi connectivity index (χ3v) is 3.57. The molecule has 0 aliphatic heterocycles. The van der Waals surface area contributed by atoms with E-state index in [1.807, 2.05) is 29.8 Å². The van der Waals surface area contributed by atoms with Crippen molar-refractivity contribution in [2.24, 2.45) is 5.84 Å². The van der Waals surface area contributed by atoms with E-state index in [2.05, 4.69) is 22.4 Å². The second-order valence-corrected chi connectivity index (χ2v) is 5.26. The van der Waals surface area contributed by atoms with Crippen LogP contribution in [0.5, 0.6) is 0 Å². The summed E-state index contributed by atoms with van der Waals surface area (Å²) in [6.45, 7) is 5.03. The van der Waals surface area contributed by atoms with Gasteiger partial charge in [0.2, 0.25) is 0 Å². The van der Waals surface area contributed by atoms with E-state index in [4.69, 9.17) is 17.4 Å². The number of rotatable bonds is 6. The molecule has 108 valence electrons. The third kappa shape index (κ3) is 3.36. The van der Waals surface area contributed by atoms with E-state index in [9.17, 15) is 0 Å². The molecule has 1 aromatic carbocycles. The fraction of sp³-hybridized carbons (Fsp3) is 0.429. The van der Waals surface area contributed by atoms with Crippen LogP contribution in [0.3, 0.4) is 0 Å². The van der Waals surface area contributed by atoms with Crippen molar-refractivity contribution in [2.45, 2.75) is 39.3 Å². The van der Waals surface area contributed by atoms with Crippen LogP contribution in [0.4, 0.5) is 0 Å². The molecule has 6 heteroatoms. The van der Waals surface area contributed by atoms with Gasteiger partial charge in [0.05, 0.1) is 6.04 Å². The first-order valence-electron chi connectivity index (χ1n) is 6.74. The Morgan fingerprint density at radius 3 is 2.95 bits per heavy atom. The number of hydrogen-bond donors (Lipinski definition) is 2. The molecule has 0 radical (unpaired) electrons. The van der Waals surface area contributed by atoms with Gasteiger partial charge in [-0.2, -0.15) is 5.10 Å². The van der Waals surface area contributed by atoms with Gasteiger partial charge in [0.15, 0.2) is 0 Å². The van der Waals surface area contributed by atoms with Gasteiger partial charge in [-0.05, 0) is 36.6 Å². The Morgan fingerprint density at radius 1 is 1.45 bits per heavy atom. The minimum Gasteiger partial charge on any atom is -0.271 e. The van der Waals surface area contributed by atoms with Crippen LogP contribution in [0.2, 0.25) is 5.02 Å². The number of nitrogens with zero attached hydrogens (tertiary/aromatic N) is 3. The van der Waals surface area contributed by atoms with E-state index in [1.54, 1.807) is 6.33 Å². The maximum atomic E-state index is 6.08. The first kappa shape index (κ1) is 15.0. The van der Waals surface area contributed by atoms with E-state index in [0.717, 1.165) is 29.9 Å². The molecule has 1 heterocycles. The van der Waals surface area contributed by atoms with E-state index in [1.165, 1.54) is 0 Å². The number of benzene rings is 1. The average molecular weight is 294 g/mol. The van der Waals surface area contributed by atoms with Gasteiger partial charge < -0.3 is 0 Å². The molecule has 0 saturated carbocycles. The van der Waals surface area contributed by atoms with Crippen molar-refractivity contribution < 1.29 is 0 Å². The van der Waals surface area contributed by atoms with Gasteiger partial charge >= 0.3 is 0 Å². The van der Waals surface area contributed by atoms with Crippen molar-refractivity contribution in [1.29, 1.82) is 0 Å². The van der Waals surface area contributed by atoms with Crippen molar-refractivity contribution in [3.8, 4) is 0 Å². The van der Waals surface area contributed by atoms with Crippen LogP contribution in [-0.2, 0) is 13.0 Å². The number of halogens is 1. The van der Waals surface area contributed by atoms with Crippen molar-refractivity contribution in [1.82, 2.24) is 20.2 Å². The van der Waals surface area contributed by atoms with Crippen LogP contribution in [-0.4, -0.2) is 14.8 Å². The minimum absolute atomic E-state index is 0.0338. The second kappa shape index (κ2) is 6.83. The molecule has 2 aromatic rings. The van der Waals surface area contributed by atoms with Crippen LogP contribution < -0.4 is 11.3 Å². The highest BCUT2D eigenvalue weighted by Crippen LogP contribution is 2.24. The summed E-state index contributed by atoms with van der Waals surface area (Å²) < 4.78 is 1.92. The Balaban J connectivity index is 2.24. The van der Waals surface area contributed by atoms with Gasteiger partial charge in [-0.25, -0.2) is 4.98 Å². The molecule has 5 nitrogen and oxygen atoms in total. The zero-order valence-electron chi connectivity index (χ0n) is 11.8. The monoisotopic (exact) mass is 293 g/mol. The highest BCUT2D eigenvalue weighted by Gasteiger charge is 2.16. The normalized spacial score (nSPS) is 12.6. The molecule has 0 aliphatic rings. The number of hydrogen-bond acceptors (Lipinski definition) is 4. The van der Waals surface area contributed by atoms with Gasteiger partial charge in [-0.15, -0.1) is 0 Å². The lowest BCUT2D eigenvalue weighted by molar-refractivity contribution is 0.498. The molecule has 0 saturated heterocycles. The van der Waals surface area contributed by atoms with Crippen molar-refractivity contribution in [3.05, 3.63) is 46.5 Å². The first-order chi connectivity index (χ1) is 9.65. The lowest BCUT2D eigenvalue weighted by Gasteiger charge is -2.18. The number of hydrazine groups is 1. The first-order valence-corrected chi connectivity index (χ1v) is 7.12. The Kier molecular flexibility index (Phi) is 5.11. The van der Waals surface area contributed by atoms with E-state index < -0.39 is 0 Å². The highest BCUT2D eigenvalue weighted by molar-refractivity contribution is 6.30. The maximum Gasteiger partial charge on any atom is 0.138 e. The molecular weight excluding hydrogens is 274 g/mol. The summed E-state index contributed by atoms with van der Waals surface area (Å²) in [5, 5.41) is 4.95. The SMILES string of the molecule is CCCn1ncnc1CC(NN)c1cc(Cl)ccc1C. The maximum absolute atomic E-state index is 6.08. The molecule has 20 heavy (non-hydrogen) atoms. The van der Waals surface area contributed by atoms with Gasteiger partial charge in [-0.1, -0.05) is 24.6 Å². The summed E-state index contributed by atoms with van der Waals surface area (Å²) in [4.78, 5) is 4.32. The van der Waals surface area contributed by atoms with E-state index in [0.29, 0.717) is 11.4 Å². The molecule has 1 atom stereocenters. The van der Waals surface area contributed by atoms with Crippen molar-refractivity contribution in [3.63, 3.8) is 0 Å². The summed E-state index contributed by atoms with van der Waals surface area (Å²) in [7, 11) is 0. The van der Waals surface area contributed by atoms with Crippen molar-refractivity contribution in [2.75, 3.05) is 0 Å². The fourth-order valence-corrected chi connectivity index (χ4v) is 2.45. The highest BCUT2D eigenvalue weighted by atomic mass is 35.5. The summed E-state index contributed by atoms with van der Waals surface area (Å²) >= 11 is 6.08. The Bertz CT molecular complexity index is 566. The molecule has 1 aromatic heterocycles. The molecule has 0 amide bonds. The van der Waals surface area contributed by atoms with Gasteiger partial charge in [-0.3, -0.25) is 16.0 Å². The smallest absolute Gasteiger partial charge is 0.138 e. The average Bonchev–Trinajstić information content (AvgIpc) is 2.87. The van der Waals surface area contributed by atoms with Crippen LogP contribution in [0, 0.1) is 6.92 Å². The Labute approximate surface area is 124 Å². The second-order valence-electron chi connectivity index (χ2n) is 4.82. The number of aryl methyl sites for hydroxylation is 2. The Morgan fingerprint density at radius 2 is 2.25 bits per heavy atom. The van der Waals surface area contributed by atoms with Gasteiger partial charge in [0, 0.05) is 18.0 Å². The number of aromatic nitrogens is 3. The molecular formula is C14H20ClN5. The number of nitrogens with two attached hydrogens (primary N) is 1. The van der Waals surface area contributed by atoms with Crippen LogP contribution in [0.25, 0.3) is 0 Å². The summed E-state index contributed by atoms with van der Waals surface area (Å²) in [5.41, 5.74) is 5.09. The lowest BCUT2D eigenvalue weighted by atomic mass is 9.99. The van der Waals surface area contributed by atoms with E-state index >= 15 is 0 Å². The topological polar surface area (TPSA) is 68.8 Å². The largest absolute Gasteiger partial charge is 0.271 e. The molecule has 1 unspecified atom stereocenters. The molecule has 2 rings (SSSR count). The molecule has 0 aliphatic carbocycles. The van der Waals surface area contributed by atoms with Crippen LogP contribution >= 0.6 is 11.6 Å².